The fourth-order valence-corrected chi connectivity index (χ4v) is 3.19. The van der Waals surface area contributed by atoms with Crippen LogP contribution in [0.4, 0.5) is 28.8 Å². The van der Waals surface area contributed by atoms with E-state index in [1.807, 2.05) is 68.4 Å². The van der Waals surface area contributed by atoms with Crippen LogP contribution in [0.25, 0.3) is 0 Å². The number of hydrogen-bond donors (Lipinski definition) is 3. The van der Waals surface area contributed by atoms with Crippen molar-refractivity contribution in [2.24, 2.45) is 0 Å². The second-order valence-corrected chi connectivity index (χ2v) is 7.68. The molecular weight excluding hydrogens is 428 g/mol. The molecule has 0 atom stereocenters. The molecule has 172 valence electrons. The van der Waals surface area contributed by atoms with Crippen LogP contribution in [0.1, 0.15) is 28.5 Å². The first-order chi connectivity index (χ1) is 16.5. The molecule has 0 spiro atoms. The molecular formula is C26H26N6O2. The van der Waals surface area contributed by atoms with E-state index in [9.17, 15) is 4.79 Å². The number of carbonyl (C=O) groups excluding carboxylic acids is 1. The largest absolute Gasteiger partial charge is 0.478 e. The number of aryl methyl sites for hydroxylation is 2. The number of rotatable bonds is 8. The van der Waals surface area contributed by atoms with Gasteiger partial charge in [0.15, 0.2) is 0 Å². The molecule has 8 nitrogen and oxygen atoms in total. The number of aromatic nitrogens is 3. The summed E-state index contributed by atoms with van der Waals surface area (Å²) in [4.78, 5) is 25.6. The smallest absolute Gasteiger partial charge is 0.257 e. The lowest BCUT2D eigenvalue weighted by Gasteiger charge is -2.11. The van der Waals surface area contributed by atoms with Crippen molar-refractivity contribution in [3.05, 3.63) is 89.7 Å². The Morgan fingerprint density at radius 2 is 1.53 bits per heavy atom. The molecule has 4 aromatic rings. The van der Waals surface area contributed by atoms with Gasteiger partial charge in [-0.1, -0.05) is 17.7 Å². The average molecular weight is 455 g/mol. The first-order valence-corrected chi connectivity index (χ1v) is 10.9. The third kappa shape index (κ3) is 6.07. The minimum atomic E-state index is -0.245. The molecule has 0 saturated heterocycles. The van der Waals surface area contributed by atoms with E-state index in [0.29, 0.717) is 35.5 Å². The average Bonchev–Trinajstić information content (AvgIpc) is 2.82. The van der Waals surface area contributed by atoms with Crippen molar-refractivity contribution in [2.45, 2.75) is 20.8 Å². The summed E-state index contributed by atoms with van der Waals surface area (Å²) in [5.74, 6) is 1.42. The highest BCUT2D eigenvalue weighted by Gasteiger charge is 2.08. The number of pyridine rings is 1. The zero-order valence-electron chi connectivity index (χ0n) is 19.3. The molecule has 4 rings (SSSR count). The second-order valence-electron chi connectivity index (χ2n) is 7.68. The Morgan fingerprint density at radius 3 is 2.21 bits per heavy atom. The lowest BCUT2D eigenvalue weighted by Crippen LogP contribution is -2.12. The van der Waals surface area contributed by atoms with E-state index in [4.69, 9.17) is 4.74 Å². The normalized spacial score (nSPS) is 10.4. The van der Waals surface area contributed by atoms with Gasteiger partial charge < -0.3 is 20.7 Å². The van der Waals surface area contributed by atoms with E-state index in [1.54, 1.807) is 12.1 Å². The van der Waals surface area contributed by atoms with Crippen LogP contribution in [0, 0.1) is 13.8 Å². The Hall–Kier alpha value is -4.46. The lowest BCUT2D eigenvalue weighted by atomic mass is 10.2. The second kappa shape index (κ2) is 10.4. The highest BCUT2D eigenvalue weighted by Crippen LogP contribution is 2.21. The number of ether oxygens (including phenoxy) is 1. The summed E-state index contributed by atoms with van der Waals surface area (Å²) < 4.78 is 5.31. The van der Waals surface area contributed by atoms with E-state index in [2.05, 4.69) is 37.8 Å². The molecule has 1 amide bonds. The summed E-state index contributed by atoms with van der Waals surface area (Å²) in [7, 11) is 0. The summed E-state index contributed by atoms with van der Waals surface area (Å²) in [6.07, 6.45) is 1.49. The highest BCUT2D eigenvalue weighted by molar-refractivity contribution is 6.04. The van der Waals surface area contributed by atoms with E-state index in [1.165, 1.54) is 11.8 Å². The van der Waals surface area contributed by atoms with E-state index in [0.717, 1.165) is 17.1 Å². The van der Waals surface area contributed by atoms with Crippen LogP contribution >= 0.6 is 0 Å². The Kier molecular flexibility index (Phi) is 6.98. The Balaban J connectivity index is 1.39. The molecule has 0 aliphatic carbocycles. The van der Waals surface area contributed by atoms with Gasteiger partial charge in [-0.2, -0.15) is 4.98 Å². The maximum absolute atomic E-state index is 12.5. The third-order valence-electron chi connectivity index (χ3n) is 4.87. The monoisotopic (exact) mass is 454 g/mol. The van der Waals surface area contributed by atoms with Crippen molar-refractivity contribution in [2.75, 3.05) is 22.6 Å². The quantitative estimate of drug-likeness (QED) is 0.317. The molecule has 0 saturated carbocycles. The summed E-state index contributed by atoms with van der Waals surface area (Å²) in [5, 5.41) is 9.38. The number of hydrogen-bond acceptors (Lipinski definition) is 7. The zero-order valence-corrected chi connectivity index (χ0v) is 19.3. The van der Waals surface area contributed by atoms with Gasteiger partial charge in [-0.25, -0.2) is 9.97 Å². The molecule has 0 unspecified atom stereocenters. The van der Waals surface area contributed by atoms with E-state index < -0.39 is 0 Å². The Morgan fingerprint density at radius 1 is 0.853 bits per heavy atom. The molecule has 8 heteroatoms. The fourth-order valence-electron chi connectivity index (χ4n) is 3.19. The van der Waals surface area contributed by atoms with Crippen LogP contribution in [0.2, 0.25) is 0 Å². The Bertz CT molecular complexity index is 1260. The minimum Gasteiger partial charge on any atom is -0.478 e. The number of benzene rings is 2. The fraction of sp³-hybridized carbons (Fsp3) is 0.154. The van der Waals surface area contributed by atoms with Gasteiger partial charge >= 0.3 is 0 Å². The van der Waals surface area contributed by atoms with Crippen molar-refractivity contribution in [3.8, 4) is 5.88 Å². The van der Waals surface area contributed by atoms with E-state index >= 15 is 0 Å². The van der Waals surface area contributed by atoms with Gasteiger partial charge in [0.05, 0.1) is 12.2 Å². The summed E-state index contributed by atoms with van der Waals surface area (Å²) in [6, 6.07) is 20.7. The van der Waals surface area contributed by atoms with E-state index in [-0.39, 0.29) is 5.91 Å². The van der Waals surface area contributed by atoms with Gasteiger partial charge in [-0.05, 0) is 63.2 Å². The first-order valence-electron chi connectivity index (χ1n) is 10.9. The van der Waals surface area contributed by atoms with Crippen molar-refractivity contribution < 1.29 is 9.53 Å². The predicted molar refractivity (Wildman–Crippen MR) is 134 cm³/mol. The molecule has 0 aliphatic heterocycles. The van der Waals surface area contributed by atoms with Gasteiger partial charge in [0, 0.05) is 41.1 Å². The Labute approximate surface area is 198 Å². The minimum absolute atomic E-state index is 0.245. The van der Waals surface area contributed by atoms with Crippen LogP contribution in [0.5, 0.6) is 5.88 Å². The number of carbonyl (C=O) groups is 1. The molecule has 0 aliphatic rings. The van der Waals surface area contributed by atoms with Gasteiger partial charge in [0.1, 0.15) is 5.82 Å². The van der Waals surface area contributed by atoms with Crippen molar-refractivity contribution >= 4 is 34.7 Å². The molecule has 0 bridgehead atoms. The van der Waals surface area contributed by atoms with Crippen LogP contribution in [-0.4, -0.2) is 27.5 Å². The number of amides is 1. The van der Waals surface area contributed by atoms with Crippen molar-refractivity contribution in [1.29, 1.82) is 0 Å². The first kappa shape index (κ1) is 22.7. The summed E-state index contributed by atoms with van der Waals surface area (Å²) in [6.45, 7) is 6.38. The van der Waals surface area contributed by atoms with Gasteiger partial charge in [-0.3, -0.25) is 4.79 Å². The predicted octanol–water partition coefficient (Wildman–Crippen LogP) is 5.63. The van der Waals surface area contributed by atoms with Crippen LogP contribution in [0.15, 0.2) is 72.9 Å². The standard InChI is InChI=1S/C26H26N6O2/c1-4-34-24-14-7-19(16-27-24)25(33)30-21-10-12-22(13-11-21)31-26-28-18(3)15-23(32-26)29-20-8-5-17(2)6-9-20/h5-16H,4H2,1-3H3,(H,30,33)(H2,28,29,31,32). The SMILES string of the molecule is CCOc1ccc(C(=O)Nc2ccc(Nc3nc(C)cc(Nc4ccc(C)cc4)n3)cc2)cn1. The topological polar surface area (TPSA) is 101 Å². The van der Waals surface area contributed by atoms with Crippen molar-refractivity contribution in [1.82, 2.24) is 15.0 Å². The van der Waals surface area contributed by atoms with Crippen LogP contribution < -0.4 is 20.7 Å². The van der Waals surface area contributed by atoms with Gasteiger partial charge in [0.25, 0.3) is 5.91 Å². The number of anilines is 5. The molecule has 0 fully saturated rings. The summed E-state index contributed by atoms with van der Waals surface area (Å²) >= 11 is 0. The molecule has 0 radical (unpaired) electrons. The molecule has 34 heavy (non-hydrogen) atoms. The third-order valence-corrected chi connectivity index (χ3v) is 4.87. The summed E-state index contributed by atoms with van der Waals surface area (Å²) in [5.41, 5.74) is 4.90. The molecule has 2 heterocycles. The molecule has 2 aromatic carbocycles. The number of nitrogens with one attached hydrogen (secondary N) is 3. The zero-order chi connectivity index (χ0) is 23.9. The van der Waals surface area contributed by atoms with Crippen LogP contribution in [0.3, 0.4) is 0 Å². The molecule has 3 N–H and O–H groups in total. The maximum atomic E-state index is 12.5. The van der Waals surface area contributed by atoms with Gasteiger partial charge in [-0.15, -0.1) is 0 Å². The van der Waals surface area contributed by atoms with Crippen molar-refractivity contribution in [3.63, 3.8) is 0 Å². The number of nitrogens with zero attached hydrogens (tertiary/aromatic N) is 3. The maximum Gasteiger partial charge on any atom is 0.257 e. The molecule has 2 aromatic heterocycles. The lowest BCUT2D eigenvalue weighted by molar-refractivity contribution is 0.102. The van der Waals surface area contributed by atoms with Crippen LogP contribution in [-0.2, 0) is 0 Å². The van der Waals surface area contributed by atoms with Gasteiger partial charge in [0.2, 0.25) is 11.8 Å². The highest BCUT2D eigenvalue weighted by atomic mass is 16.5.